The van der Waals surface area contributed by atoms with Crippen molar-refractivity contribution >= 4 is 0 Å². The van der Waals surface area contributed by atoms with Crippen LogP contribution < -0.4 is 0 Å². The summed E-state index contributed by atoms with van der Waals surface area (Å²) in [6.45, 7) is 15.2. The standard InChI is InChI=1S/C30H46O2/c1-23(12-8-9-13-24(2)15-11-17-26(4)22-31)14-10-16-25(3)18-19-29-27(5)20-28(32)21-30(29,6)7/h10-11,13-19,23,28,31-32H,8-9,12,20-22H2,1-7H3/b14-10+,15-11+,19-18+,24-13-,25-16+,26-17+/t23?,28-/m1/s1. The van der Waals surface area contributed by atoms with Gasteiger partial charge in [0, 0.05) is 0 Å². The third kappa shape index (κ3) is 11.1. The van der Waals surface area contributed by atoms with E-state index in [0.717, 1.165) is 24.8 Å². The summed E-state index contributed by atoms with van der Waals surface area (Å²) in [5.41, 5.74) is 6.18. The molecule has 1 aliphatic rings. The summed E-state index contributed by atoms with van der Waals surface area (Å²) in [6.07, 6.45) is 24.3. The smallest absolute Gasteiger partial charge is 0.0642 e. The number of unbranched alkanes of at least 4 members (excludes halogenated alkanes) is 1. The zero-order chi connectivity index (χ0) is 24.1. The van der Waals surface area contributed by atoms with Crippen LogP contribution in [0.1, 0.15) is 80.6 Å². The van der Waals surface area contributed by atoms with E-state index in [1.165, 1.54) is 35.1 Å². The lowest BCUT2D eigenvalue weighted by molar-refractivity contribution is 0.116. The molecule has 0 aromatic heterocycles. The second-order valence-corrected chi connectivity index (χ2v) is 10.2. The van der Waals surface area contributed by atoms with Gasteiger partial charge in [-0.05, 0) is 82.3 Å². The average Bonchev–Trinajstić information content (AvgIpc) is 2.69. The lowest BCUT2D eigenvalue weighted by Gasteiger charge is -2.35. The lowest BCUT2D eigenvalue weighted by atomic mass is 9.71. The van der Waals surface area contributed by atoms with Crippen molar-refractivity contribution in [3.63, 3.8) is 0 Å². The topological polar surface area (TPSA) is 40.5 Å². The molecule has 0 aromatic rings. The van der Waals surface area contributed by atoms with Gasteiger partial charge in [-0.25, -0.2) is 0 Å². The number of rotatable bonds is 11. The van der Waals surface area contributed by atoms with Gasteiger partial charge in [0.25, 0.3) is 0 Å². The highest BCUT2D eigenvalue weighted by molar-refractivity contribution is 5.37. The van der Waals surface area contributed by atoms with Crippen molar-refractivity contribution in [3.05, 3.63) is 82.5 Å². The molecule has 0 saturated heterocycles. The van der Waals surface area contributed by atoms with Gasteiger partial charge in [-0.15, -0.1) is 0 Å². The minimum atomic E-state index is -0.211. The van der Waals surface area contributed by atoms with Gasteiger partial charge in [0.15, 0.2) is 0 Å². The maximum atomic E-state index is 10.0. The molecule has 0 saturated carbocycles. The van der Waals surface area contributed by atoms with Crippen LogP contribution in [0.5, 0.6) is 0 Å². The molecule has 1 unspecified atom stereocenters. The van der Waals surface area contributed by atoms with Crippen LogP contribution in [-0.2, 0) is 0 Å². The monoisotopic (exact) mass is 438 g/mol. The molecule has 0 aliphatic heterocycles. The largest absolute Gasteiger partial charge is 0.393 e. The van der Waals surface area contributed by atoms with Crippen LogP contribution >= 0.6 is 0 Å². The van der Waals surface area contributed by atoms with Gasteiger partial charge in [-0.3, -0.25) is 0 Å². The van der Waals surface area contributed by atoms with Crippen molar-refractivity contribution in [1.82, 2.24) is 0 Å². The second-order valence-electron chi connectivity index (χ2n) is 10.2. The summed E-state index contributed by atoms with van der Waals surface area (Å²) >= 11 is 0. The molecule has 2 N–H and O–H groups in total. The molecule has 0 radical (unpaired) electrons. The van der Waals surface area contributed by atoms with E-state index in [2.05, 4.69) is 84.1 Å². The molecule has 1 rings (SSSR count). The fraction of sp³-hybridized carbons (Fsp3) is 0.533. The second kappa shape index (κ2) is 14.3. The number of aliphatic hydroxyl groups is 2. The van der Waals surface area contributed by atoms with Gasteiger partial charge in [-0.1, -0.05) is 92.2 Å². The van der Waals surface area contributed by atoms with Crippen LogP contribution in [0.15, 0.2) is 82.5 Å². The third-order valence-electron chi connectivity index (χ3n) is 6.11. The maximum Gasteiger partial charge on any atom is 0.0642 e. The molecule has 0 heterocycles. The van der Waals surface area contributed by atoms with E-state index in [1.54, 1.807) is 0 Å². The highest BCUT2D eigenvalue weighted by Crippen LogP contribution is 2.41. The summed E-state index contributed by atoms with van der Waals surface area (Å²) in [4.78, 5) is 0. The van der Waals surface area contributed by atoms with E-state index < -0.39 is 0 Å². The highest BCUT2D eigenvalue weighted by atomic mass is 16.3. The fourth-order valence-electron chi connectivity index (χ4n) is 4.20. The van der Waals surface area contributed by atoms with E-state index in [1.807, 2.05) is 19.1 Å². The summed E-state index contributed by atoms with van der Waals surface area (Å²) in [7, 11) is 0. The molecule has 32 heavy (non-hydrogen) atoms. The van der Waals surface area contributed by atoms with Crippen LogP contribution in [0.3, 0.4) is 0 Å². The van der Waals surface area contributed by atoms with Crippen LogP contribution in [0.2, 0.25) is 0 Å². The van der Waals surface area contributed by atoms with Crippen molar-refractivity contribution in [3.8, 4) is 0 Å². The van der Waals surface area contributed by atoms with E-state index in [-0.39, 0.29) is 18.1 Å². The van der Waals surface area contributed by atoms with E-state index in [4.69, 9.17) is 5.11 Å². The molecule has 0 spiro atoms. The Morgan fingerprint density at radius 3 is 2.47 bits per heavy atom. The van der Waals surface area contributed by atoms with E-state index in [9.17, 15) is 5.11 Å². The zero-order valence-corrected chi connectivity index (χ0v) is 21.5. The zero-order valence-electron chi connectivity index (χ0n) is 21.5. The minimum absolute atomic E-state index is 0.0283. The summed E-state index contributed by atoms with van der Waals surface area (Å²) in [6, 6.07) is 0. The van der Waals surface area contributed by atoms with Gasteiger partial charge in [0.05, 0.1) is 12.7 Å². The SMILES string of the molecule is CC1=C(/C=C/C(C)=C/C=C/C(C)CCC\C=C(C)/C=C/C=C(\C)CO)C(C)(C)C[C@H](O)C1. The predicted octanol–water partition coefficient (Wildman–Crippen LogP) is 7.79. The summed E-state index contributed by atoms with van der Waals surface area (Å²) in [5, 5.41) is 19.0. The lowest BCUT2D eigenvalue weighted by Crippen LogP contribution is -2.28. The van der Waals surface area contributed by atoms with Crippen molar-refractivity contribution in [1.29, 1.82) is 0 Å². The molecule has 2 atom stereocenters. The Labute approximate surface area is 197 Å². The number of hydrogen-bond acceptors (Lipinski definition) is 2. The van der Waals surface area contributed by atoms with Crippen LogP contribution in [0.4, 0.5) is 0 Å². The summed E-state index contributed by atoms with van der Waals surface area (Å²) in [5.74, 6) is 0.561. The number of hydrogen-bond donors (Lipinski definition) is 2. The Hall–Kier alpha value is -1.90. The van der Waals surface area contributed by atoms with Gasteiger partial charge in [-0.2, -0.15) is 0 Å². The first-order valence-electron chi connectivity index (χ1n) is 12.1. The van der Waals surface area contributed by atoms with Gasteiger partial charge in [0.1, 0.15) is 0 Å². The first-order chi connectivity index (χ1) is 15.0. The number of aliphatic hydroxyl groups excluding tert-OH is 2. The molecule has 0 fully saturated rings. The van der Waals surface area contributed by atoms with Crippen molar-refractivity contribution in [2.75, 3.05) is 6.61 Å². The normalized spacial score (nSPS) is 22.0. The quantitative estimate of drug-likeness (QED) is 0.255. The molecule has 1 aliphatic carbocycles. The van der Waals surface area contributed by atoms with Gasteiger partial charge >= 0.3 is 0 Å². The van der Waals surface area contributed by atoms with Crippen LogP contribution in [-0.4, -0.2) is 22.9 Å². The van der Waals surface area contributed by atoms with E-state index >= 15 is 0 Å². The molecule has 2 heteroatoms. The molecule has 0 aromatic carbocycles. The first kappa shape index (κ1) is 28.1. The first-order valence-corrected chi connectivity index (χ1v) is 12.1. The minimum Gasteiger partial charge on any atom is -0.393 e. The maximum absolute atomic E-state index is 10.0. The fourth-order valence-corrected chi connectivity index (χ4v) is 4.20. The van der Waals surface area contributed by atoms with Crippen molar-refractivity contribution in [2.24, 2.45) is 11.3 Å². The highest BCUT2D eigenvalue weighted by Gasteiger charge is 2.31. The molecule has 178 valence electrons. The Bertz CT molecular complexity index is 797. The number of allylic oxidation sites excluding steroid dienone is 12. The van der Waals surface area contributed by atoms with E-state index in [0.29, 0.717) is 5.92 Å². The Morgan fingerprint density at radius 1 is 1.09 bits per heavy atom. The van der Waals surface area contributed by atoms with Gasteiger partial charge < -0.3 is 10.2 Å². The molecule has 2 nitrogen and oxygen atoms in total. The predicted molar refractivity (Wildman–Crippen MR) is 141 cm³/mol. The van der Waals surface area contributed by atoms with Gasteiger partial charge in [0.2, 0.25) is 0 Å². The third-order valence-corrected chi connectivity index (χ3v) is 6.11. The Kier molecular flexibility index (Phi) is 12.6. The molecular weight excluding hydrogens is 392 g/mol. The van der Waals surface area contributed by atoms with Crippen LogP contribution in [0.25, 0.3) is 0 Å². The Morgan fingerprint density at radius 2 is 1.81 bits per heavy atom. The molecule has 0 amide bonds. The average molecular weight is 439 g/mol. The van der Waals surface area contributed by atoms with Crippen molar-refractivity contribution < 1.29 is 10.2 Å². The summed E-state index contributed by atoms with van der Waals surface area (Å²) < 4.78 is 0. The Balaban J connectivity index is 2.48. The molecular formula is C30H46O2. The van der Waals surface area contributed by atoms with Crippen LogP contribution in [0, 0.1) is 11.3 Å². The molecule has 0 bridgehead atoms. The van der Waals surface area contributed by atoms with Crippen molar-refractivity contribution in [2.45, 2.75) is 86.7 Å².